The SMILES string of the molecule is CC(Nc1ccc(-c2ccn[nH]2)cc1)c1ccc(Br)o1. The Morgan fingerprint density at radius 2 is 1.95 bits per heavy atom. The fourth-order valence-electron chi connectivity index (χ4n) is 2.04. The first kappa shape index (κ1) is 13.0. The zero-order valence-corrected chi connectivity index (χ0v) is 12.5. The molecule has 5 heteroatoms. The zero-order chi connectivity index (χ0) is 13.9. The van der Waals surface area contributed by atoms with E-state index in [9.17, 15) is 0 Å². The fourth-order valence-corrected chi connectivity index (χ4v) is 2.36. The van der Waals surface area contributed by atoms with Crippen molar-refractivity contribution in [2.24, 2.45) is 0 Å². The molecule has 0 spiro atoms. The van der Waals surface area contributed by atoms with E-state index in [1.807, 2.05) is 30.3 Å². The smallest absolute Gasteiger partial charge is 0.169 e. The number of aromatic nitrogens is 2. The maximum atomic E-state index is 5.54. The number of rotatable bonds is 4. The number of benzene rings is 1. The summed E-state index contributed by atoms with van der Waals surface area (Å²) in [4.78, 5) is 0. The molecule has 20 heavy (non-hydrogen) atoms. The summed E-state index contributed by atoms with van der Waals surface area (Å²) in [6.07, 6.45) is 1.75. The first-order valence-corrected chi connectivity index (χ1v) is 7.13. The van der Waals surface area contributed by atoms with Gasteiger partial charge in [0.2, 0.25) is 0 Å². The highest BCUT2D eigenvalue weighted by Gasteiger charge is 2.09. The Morgan fingerprint density at radius 3 is 2.55 bits per heavy atom. The van der Waals surface area contributed by atoms with Gasteiger partial charge in [0.15, 0.2) is 4.67 Å². The highest BCUT2D eigenvalue weighted by Crippen LogP contribution is 2.25. The Kier molecular flexibility index (Phi) is 3.60. The van der Waals surface area contributed by atoms with Crippen molar-refractivity contribution in [3.63, 3.8) is 0 Å². The molecule has 3 rings (SSSR count). The summed E-state index contributed by atoms with van der Waals surface area (Å²) in [5.41, 5.74) is 3.18. The topological polar surface area (TPSA) is 53.9 Å². The largest absolute Gasteiger partial charge is 0.452 e. The molecule has 2 N–H and O–H groups in total. The van der Waals surface area contributed by atoms with Gasteiger partial charge in [-0.15, -0.1) is 0 Å². The third-order valence-electron chi connectivity index (χ3n) is 3.10. The lowest BCUT2D eigenvalue weighted by molar-refractivity contribution is 0.471. The Bertz CT molecular complexity index is 673. The molecule has 0 amide bonds. The molecule has 1 aromatic carbocycles. The molecule has 1 atom stereocenters. The van der Waals surface area contributed by atoms with E-state index in [0.717, 1.165) is 27.4 Å². The molecule has 0 saturated heterocycles. The van der Waals surface area contributed by atoms with Crippen LogP contribution in [0.1, 0.15) is 18.7 Å². The number of H-pyrrole nitrogens is 1. The lowest BCUT2D eigenvalue weighted by atomic mass is 10.1. The lowest BCUT2D eigenvalue weighted by Gasteiger charge is -2.13. The molecule has 1 unspecified atom stereocenters. The third kappa shape index (κ3) is 2.77. The minimum atomic E-state index is 0.110. The summed E-state index contributed by atoms with van der Waals surface area (Å²) in [6, 6.07) is 14.1. The van der Waals surface area contributed by atoms with Crippen molar-refractivity contribution in [1.82, 2.24) is 10.2 Å². The second-order valence-corrected chi connectivity index (χ2v) is 5.34. The molecular weight excluding hydrogens is 318 g/mol. The van der Waals surface area contributed by atoms with E-state index in [0.29, 0.717) is 0 Å². The monoisotopic (exact) mass is 331 g/mol. The van der Waals surface area contributed by atoms with E-state index in [4.69, 9.17) is 4.42 Å². The van der Waals surface area contributed by atoms with Gasteiger partial charge >= 0.3 is 0 Å². The predicted molar refractivity (Wildman–Crippen MR) is 82.5 cm³/mol. The number of nitrogens with zero attached hydrogens (tertiary/aromatic N) is 1. The number of nitrogens with one attached hydrogen (secondary N) is 2. The number of hydrogen-bond donors (Lipinski definition) is 2. The van der Waals surface area contributed by atoms with Crippen molar-refractivity contribution in [2.45, 2.75) is 13.0 Å². The minimum Gasteiger partial charge on any atom is -0.452 e. The summed E-state index contributed by atoms with van der Waals surface area (Å²) < 4.78 is 6.29. The van der Waals surface area contributed by atoms with Gasteiger partial charge in [-0.1, -0.05) is 12.1 Å². The fraction of sp³-hybridized carbons (Fsp3) is 0.133. The summed E-state index contributed by atoms with van der Waals surface area (Å²) >= 11 is 3.31. The van der Waals surface area contributed by atoms with Crippen molar-refractivity contribution in [1.29, 1.82) is 0 Å². The average molecular weight is 332 g/mol. The van der Waals surface area contributed by atoms with E-state index < -0.39 is 0 Å². The Balaban J connectivity index is 1.72. The molecular formula is C15H14BrN3O. The van der Waals surface area contributed by atoms with Gasteiger partial charge in [0.1, 0.15) is 5.76 Å². The van der Waals surface area contributed by atoms with Gasteiger partial charge in [0.25, 0.3) is 0 Å². The number of aromatic amines is 1. The van der Waals surface area contributed by atoms with E-state index in [2.05, 4.69) is 50.5 Å². The standard InChI is InChI=1S/C15H14BrN3O/c1-10(14-6-7-15(16)20-14)18-12-4-2-11(3-5-12)13-8-9-17-19-13/h2-10,18H,1H3,(H,17,19). The van der Waals surface area contributed by atoms with Crippen LogP contribution in [0.25, 0.3) is 11.3 Å². The predicted octanol–water partition coefficient (Wildman–Crippen LogP) is 4.61. The molecule has 0 aliphatic heterocycles. The van der Waals surface area contributed by atoms with Gasteiger partial charge in [0.05, 0.1) is 11.7 Å². The van der Waals surface area contributed by atoms with Crippen molar-refractivity contribution < 1.29 is 4.42 Å². The number of anilines is 1. The second-order valence-electron chi connectivity index (χ2n) is 4.56. The van der Waals surface area contributed by atoms with Crippen LogP contribution in [0.2, 0.25) is 0 Å². The van der Waals surface area contributed by atoms with Crippen molar-refractivity contribution in [3.8, 4) is 11.3 Å². The van der Waals surface area contributed by atoms with E-state index in [1.165, 1.54) is 0 Å². The molecule has 0 fully saturated rings. The highest BCUT2D eigenvalue weighted by atomic mass is 79.9. The molecule has 0 saturated carbocycles. The van der Waals surface area contributed by atoms with Crippen LogP contribution in [-0.4, -0.2) is 10.2 Å². The molecule has 3 aromatic rings. The second kappa shape index (κ2) is 5.54. The van der Waals surface area contributed by atoms with Crippen molar-refractivity contribution >= 4 is 21.6 Å². The summed E-state index contributed by atoms with van der Waals surface area (Å²) in [6.45, 7) is 2.06. The zero-order valence-electron chi connectivity index (χ0n) is 10.9. The van der Waals surface area contributed by atoms with Crippen LogP contribution < -0.4 is 5.32 Å². The summed E-state index contributed by atoms with van der Waals surface area (Å²) in [5.74, 6) is 0.898. The number of halogens is 1. The third-order valence-corrected chi connectivity index (χ3v) is 3.53. The van der Waals surface area contributed by atoms with Gasteiger partial charge in [-0.05, 0) is 58.7 Å². The van der Waals surface area contributed by atoms with Crippen LogP contribution in [0, 0.1) is 0 Å². The van der Waals surface area contributed by atoms with E-state index in [1.54, 1.807) is 6.20 Å². The normalized spacial score (nSPS) is 12.3. The van der Waals surface area contributed by atoms with Crippen LogP contribution in [0.15, 0.2) is 57.7 Å². The molecule has 2 aromatic heterocycles. The lowest BCUT2D eigenvalue weighted by Crippen LogP contribution is -2.05. The molecule has 0 bridgehead atoms. The highest BCUT2D eigenvalue weighted by molar-refractivity contribution is 9.10. The number of hydrogen-bond acceptors (Lipinski definition) is 3. The first-order valence-electron chi connectivity index (χ1n) is 6.34. The van der Waals surface area contributed by atoms with E-state index in [-0.39, 0.29) is 6.04 Å². The first-order chi connectivity index (χ1) is 9.72. The Morgan fingerprint density at radius 1 is 1.15 bits per heavy atom. The average Bonchev–Trinajstić information content (AvgIpc) is 3.10. The van der Waals surface area contributed by atoms with Gasteiger partial charge < -0.3 is 9.73 Å². The molecule has 0 radical (unpaired) electrons. The van der Waals surface area contributed by atoms with Crippen LogP contribution >= 0.6 is 15.9 Å². The molecule has 0 aliphatic carbocycles. The Hall–Kier alpha value is -2.01. The van der Waals surface area contributed by atoms with Gasteiger partial charge in [-0.3, -0.25) is 5.10 Å². The molecule has 4 nitrogen and oxygen atoms in total. The van der Waals surface area contributed by atoms with E-state index >= 15 is 0 Å². The minimum absolute atomic E-state index is 0.110. The van der Waals surface area contributed by atoms with Crippen molar-refractivity contribution in [3.05, 3.63) is 59.1 Å². The Labute approximate surface area is 125 Å². The van der Waals surface area contributed by atoms with Gasteiger partial charge in [-0.25, -0.2) is 0 Å². The maximum absolute atomic E-state index is 5.54. The quantitative estimate of drug-likeness (QED) is 0.734. The van der Waals surface area contributed by atoms with Crippen LogP contribution in [0.4, 0.5) is 5.69 Å². The van der Waals surface area contributed by atoms with Crippen molar-refractivity contribution in [2.75, 3.05) is 5.32 Å². The van der Waals surface area contributed by atoms with Crippen LogP contribution in [0.3, 0.4) is 0 Å². The molecule has 0 aliphatic rings. The molecule has 2 heterocycles. The number of furan rings is 1. The van der Waals surface area contributed by atoms with Gasteiger partial charge in [-0.2, -0.15) is 5.10 Å². The van der Waals surface area contributed by atoms with Crippen LogP contribution in [0.5, 0.6) is 0 Å². The van der Waals surface area contributed by atoms with Crippen LogP contribution in [-0.2, 0) is 0 Å². The maximum Gasteiger partial charge on any atom is 0.169 e. The molecule has 102 valence electrons. The van der Waals surface area contributed by atoms with Gasteiger partial charge in [0, 0.05) is 11.9 Å². The summed E-state index contributed by atoms with van der Waals surface area (Å²) in [5, 5.41) is 10.3. The summed E-state index contributed by atoms with van der Waals surface area (Å²) in [7, 11) is 0.